The molecule has 0 radical (unpaired) electrons. The van der Waals surface area contributed by atoms with Gasteiger partial charge in [0.05, 0.1) is 18.3 Å². The summed E-state index contributed by atoms with van der Waals surface area (Å²) in [6, 6.07) is 9.29. The van der Waals surface area contributed by atoms with Crippen LogP contribution in [0.3, 0.4) is 0 Å². The molecule has 1 aromatic carbocycles. The molecule has 0 bridgehead atoms. The van der Waals surface area contributed by atoms with Gasteiger partial charge >= 0.3 is 6.09 Å². The van der Waals surface area contributed by atoms with E-state index in [-0.39, 0.29) is 6.04 Å². The summed E-state index contributed by atoms with van der Waals surface area (Å²) in [7, 11) is 0. The van der Waals surface area contributed by atoms with Gasteiger partial charge in [-0.05, 0) is 45.4 Å². The summed E-state index contributed by atoms with van der Waals surface area (Å²) in [6.45, 7) is 7.94. The molecule has 1 heterocycles. The number of carbonyl (C=O) groups excluding carboxylic acids is 1. The zero-order valence-electron chi connectivity index (χ0n) is 13.8. The molecule has 0 saturated carbocycles. The zero-order valence-corrected chi connectivity index (χ0v) is 14.6. The van der Waals surface area contributed by atoms with Crippen LogP contribution in [0.5, 0.6) is 0 Å². The summed E-state index contributed by atoms with van der Waals surface area (Å²) in [5.41, 5.74) is 1.24. The van der Waals surface area contributed by atoms with E-state index >= 15 is 0 Å². The van der Waals surface area contributed by atoms with Crippen LogP contribution in [0.1, 0.15) is 45.0 Å². The lowest BCUT2D eigenvalue weighted by Crippen LogP contribution is -2.34. The molecule has 5 nitrogen and oxygen atoms in total. The molecule has 0 aliphatic carbocycles. The van der Waals surface area contributed by atoms with Gasteiger partial charge in [-0.25, -0.2) is 4.79 Å². The number of benzene rings is 1. The molecule has 0 aliphatic heterocycles. The Hall–Kier alpha value is -2.01. The van der Waals surface area contributed by atoms with Crippen molar-refractivity contribution in [1.82, 2.24) is 15.1 Å². The fraction of sp³-hybridized carbons (Fsp3) is 0.412. The van der Waals surface area contributed by atoms with Crippen molar-refractivity contribution in [2.24, 2.45) is 0 Å². The third kappa shape index (κ3) is 5.28. The standard InChI is InChI=1S/C17H22ClN3O2/c1-12(19-16(22)23-17(2,3)4)15-9-10-21(20-15)11-13-7-5-6-8-14(13)18/h5-10,12H,11H2,1-4H3,(H,19,22)/t12-/m0/s1. The third-order valence-corrected chi connectivity index (χ3v) is 3.50. The summed E-state index contributed by atoms with van der Waals surface area (Å²) in [4.78, 5) is 11.8. The maximum atomic E-state index is 11.8. The van der Waals surface area contributed by atoms with Gasteiger partial charge < -0.3 is 10.1 Å². The van der Waals surface area contributed by atoms with E-state index in [0.717, 1.165) is 11.3 Å². The highest BCUT2D eigenvalue weighted by Crippen LogP contribution is 2.17. The highest BCUT2D eigenvalue weighted by molar-refractivity contribution is 6.31. The van der Waals surface area contributed by atoms with E-state index < -0.39 is 11.7 Å². The van der Waals surface area contributed by atoms with Gasteiger partial charge in [0.25, 0.3) is 0 Å². The predicted molar refractivity (Wildman–Crippen MR) is 90.6 cm³/mol. The highest BCUT2D eigenvalue weighted by atomic mass is 35.5. The molecule has 1 N–H and O–H groups in total. The lowest BCUT2D eigenvalue weighted by molar-refractivity contribution is 0.0507. The highest BCUT2D eigenvalue weighted by Gasteiger charge is 2.19. The maximum Gasteiger partial charge on any atom is 0.408 e. The molecule has 6 heteroatoms. The van der Waals surface area contributed by atoms with Crippen molar-refractivity contribution in [2.75, 3.05) is 0 Å². The van der Waals surface area contributed by atoms with Crippen molar-refractivity contribution in [3.8, 4) is 0 Å². The summed E-state index contributed by atoms with van der Waals surface area (Å²) in [6.07, 6.45) is 1.41. The van der Waals surface area contributed by atoms with Gasteiger partial charge in [0.2, 0.25) is 0 Å². The molecule has 0 unspecified atom stereocenters. The predicted octanol–water partition coefficient (Wildman–Crippen LogP) is 4.17. The second-order valence-corrected chi connectivity index (χ2v) is 6.80. The Kier molecular flexibility index (Phi) is 5.31. The summed E-state index contributed by atoms with van der Waals surface area (Å²) in [5, 5.41) is 7.97. The number of nitrogens with zero attached hydrogens (tertiary/aromatic N) is 2. The topological polar surface area (TPSA) is 56.1 Å². The molecule has 124 valence electrons. The Balaban J connectivity index is 1.99. The SMILES string of the molecule is C[C@H](NC(=O)OC(C)(C)C)c1ccn(Cc2ccccc2Cl)n1. The van der Waals surface area contributed by atoms with Crippen LogP contribution in [-0.4, -0.2) is 21.5 Å². The third-order valence-electron chi connectivity index (χ3n) is 3.13. The number of alkyl carbamates (subject to hydrolysis) is 1. The van der Waals surface area contributed by atoms with E-state index in [0.29, 0.717) is 11.6 Å². The Morgan fingerprint density at radius 3 is 2.70 bits per heavy atom. The molecule has 2 rings (SSSR count). The number of amides is 1. The van der Waals surface area contributed by atoms with Gasteiger partial charge in [0.15, 0.2) is 0 Å². The first kappa shape index (κ1) is 17.3. The number of nitrogens with one attached hydrogen (secondary N) is 1. The molecular weight excluding hydrogens is 314 g/mol. The first-order valence-electron chi connectivity index (χ1n) is 7.51. The Labute approximate surface area is 141 Å². The van der Waals surface area contributed by atoms with E-state index in [9.17, 15) is 4.79 Å². The number of rotatable bonds is 4. The van der Waals surface area contributed by atoms with Gasteiger partial charge in [-0.1, -0.05) is 29.8 Å². The average Bonchev–Trinajstić information content (AvgIpc) is 2.88. The number of ether oxygens (including phenoxy) is 1. The molecule has 1 amide bonds. The van der Waals surface area contributed by atoms with E-state index in [1.165, 1.54) is 0 Å². The second-order valence-electron chi connectivity index (χ2n) is 6.40. The average molecular weight is 336 g/mol. The zero-order chi connectivity index (χ0) is 17.0. The largest absolute Gasteiger partial charge is 0.444 e. The Morgan fingerprint density at radius 2 is 2.04 bits per heavy atom. The van der Waals surface area contributed by atoms with Gasteiger partial charge in [-0.2, -0.15) is 5.10 Å². The van der Waals surface area contributed by atoms with Crippen molar-refractivity contribution >= 4 is 17.7 Å². The van der Waals surface area contributed by atoms with Crippen molar-refractivity contribution in [3.05, 3.63) is 52.8 Å². The van der Waals surface area contributed by atoms with Crippen LogP contribution < -0.4 is 5.32 Å². The first-order chi connectivity index (χ1) is 10.7. The second kappa shape index (κ2) is 7.04. The smallest absolute Gasteiger partial charge is 0.408 e. The molecule has 1 atom stereocenters. The minimum absolute atomic E-state index is 0.239. The van der Waals surface area contributed by atoms with Crippen molar-refractivity contribution in [3.63, 3.8) is 0 Å². The number of hydrogen-bond acceptors (Lipinski definition) is 3. The van der Waals surface area contributed by atoms with Gasteiger partial charge in [-0.15, -0.1) is 0 Å². The van der Waals surface area contributed by atoms with E-state index in [4.69, 9.17) is 16.3 Å². The van der Waals surface area contributed by atoms with Crippen LogP contribution in [0.2, 0.25) is 5.02 Å². The van der Waals surface area contributed by atoms with Crippen molar-refractivity contribution < 1.29 is 9.53 Å². The van der Waals surface area contributed by atoms with Crippen LogP contribution in [-0.2, 0) is 11.3 Å². The molecular formula is C17H22ClN3O2. The molecule has 2 aromatic rings. The number of aromatic nitrogens is 2. The van der Waals surface area contributed by atoms with Crippen molar-refractivity contribution in [1.29, 1.82) is 0 Å². The Morgan fingerprint density at radius 1 is 1.35 bits per heavy atom. The van der Waals surface area contributed by atoms with Gasteiger partial charge in [0, 0.05) is 11.2 Å². The lowest BCUT2D eigenvalue weighted by atomic mass is 10.2. The quantitative estimate of drug-likeness (QED) is 0.912. The minimum atomic E-state index is -0.521. The number of carbonyl (C=O) groups is 1. The number of hydrogen-bond donors (Lipinski definition) is 1. The van der Waals surface area contributed by atoms with Crippen LogP contribution in [0.25, 0.3) is 0 Å². The fourth-order valence-corrected chi connectivity index (χ4v) is 2.25. The van der Waals surface area contributed by atoms with Crippen molar-refractivity contribution in [2.45, 2.75) is 45.9 Å². The van der Waals surface area contributed by atoms with E-state index in [2.05, 4.69) is 10.4 Å². The summed E-state index contributed by atoms with van der Waals surface area (Å²) in [5.74, 6) is 0. The normalized spacial score (nSPS) is 12.7. The first-order valence-corrected chi connectivity index (χ1v) is 7.88. The van der Waals surface area contributed by atoms with Gasteiger partial charge in [-0.3, -0.25) is 4.68 Å². The van der Waals surface area contributed by atoms with Crippen LogP contribution in [0.4, 0.5) is 4.79 Å². The molecule has 0 fully saturated rings. The number of halogens is 1. The lowest BCUT2D eigenvalue weighted by Gasteiger charge is -2.21. The maximum absolute atomic E-state index is 11.8. The fourth-order valence-electron chi connectivity index (χ4n) is 2.06. The van der Waals surface area contributed by atoms with E-state index in [1.807, 2.05) is 64.2 Å². The van der Waals surface area contributed by atoms with Crippen LogP contribution >= 0.6 is 11.6 Å². The minimum Gasteiger partial charge on any atom is -0.444 e. The monoisotopic (exact) mass is 335 g/mol. The van der Waals surface area contributed by atoms with Crippen LogP contribution in [0.15, 0.2) is 36.5 Å². The molecule has 1 aromatic heterocycles. The van der Waals surface area contributed by atoms with Crippen LogP contribution in [0, 0.1) is 0 Å². The molecule has 0 aliphatic rings. The molecule has 23 heavy (non-hydrogen) atoms. The summed E-state index contributed by atoms with van der Waals surface area (Å²) < 4.78 is 7.04. The van der Waals surface area contributed by atoms with Gasteiger partial charge in [0.1, 0.15) is 5.60 Å². The molecule has 0 spiro atoms. The Bertz CT molecular complexity index is 676. The summed E-state index contributed by atoms with van der Waals surface area (Å²) >= 11 is 6.16. The molecule has 0 saturated heterocycles. The van der Waals surface area contributed by atoms with E-state index in [1.54, 1.807) is 4.68 Å².